The SMILES string of the molecule is Cn1cccc1C(=O)N=Nc1c(O)[nH]c2cc(SCc3ccccc3)ccc12. The number of aromatic hydroxyl groups is 1. The molecule has 6 nitrogen and oxygen atoms in total. The predicted octanol–water partition coefficient (Wildman–Crippen LogP) is 5.43. The fourth-order valence-corrected chi connectivity index (χ4v) is 3.80. The number of H-pyrrole nitrogens is 1. The maximum absolute atomic E-state index is 12.2. The average molecular weight is 390 g/mol. The van der Waals surface area contributed by atoms with Crippen molar-refractivity contribution in [3.8, 4) is 5.88 Å². The van der Waals surface area contributed by atoms with Crippen LogP contribution in [0.3, 0.4) is 0 Å². The van der Waals surface area contributed by atoms with Crippen LogP contribution in [0.1, 0.15) is 16.1 Å². The summed E-state index contributed by atoms with van der Waals surface area (Å²) in [5.41, 5.74) is 2.69. The number of aryl methyl sites for hydroxylation is 1. The number of aromatic nitrogens is 2. The van der Waals surface area contributed by atoms with Gasteiger partial charge >= 0.3 is 5.91 Å². The topological polar surface area (TPSA) is 82.7 Å². The Kier molecular flexibility index (Phi) is 4.99. The van der Waals surface area contributed by atoms with Gasteiger partial charge in [0, 0.05) is 29.3 Å². The van der Waals surface area contributed by atoms with Crippen LogP contribution in [0.15, 0.2) is 82.0 Å². The van der Waals surface area contributed by atoms with Gasteiger partial charge in [-0.25, -0.2) is 0 Å². The predicted molar refractivity (Wildman–Crippen MR) is 110 cm³/mol. The molecule has 1 amide bonds. The Hall–Kier alpha value is -3.32. The Bertz CT molecular complexity index is 1160. The van der Waals surface area contributed by atoms with Crippen LogP contribution in [0.25, 0.3) is 10.9 Å². The average Bonchev–Trinajstić information content (AvgIpc) is 3.27. The normalized spacial score (nSPS) is 11.5. The van der Waals surface area contributed by atoms with Crippen LogP contribution in [-0.2, 0) is 12.8 Å². The molecule has 0 fully saturated rings. The molecule has 2 N–H and O–H groups in total. The van der Waals surface area contributed by atoms with Gasteiger partial charge in [-0.05, 0) is 35.9 Å². The van der Waals surface area contributed by atoms with Gasteiger partial charge in [0.2, 0.25) is 5.88 Å². The lowest BCUT2D eigenvalue weighted by atomic mass is 10.2. The zero-order chi connectivity index (χ0) is 19.5. The molecule has 0 saturated heterocycles. The molecule has 2 heterocycles. The number of thioether (sulfide) groups is 1. The number of hydrogen-bond acceptors (Lipinski definition) is 4. The van der Waals surface area contributed by atoms with Crippen LogP contribution in [-0.4, -0.2) is 20.6 Å². The lowest BCUT2D eigenvalue weighted by Crippen LogP contribution is -2.01. The van der Waals surface area contributed by atoms with Gasteiger partial charge < -0.3 is 14.7 Å². The highest BCUT2D eigenvalue weighted by molar-refractivity contribution is 7.98. The smallest absolute Gasteiger partial charge is 0.311 e. The number of nitrogens with one attached hydrogen (secondary N) is 1. The molecule has 0 aliphatic heterocycles. The Balaban J connectivity index is 1.55. The molecule has 4 aromatic rings. The first-order valence-electron chi connectivity index (χ1n) is 8.70. The molecule has 0 spiro atoms. The van der Waals surface area contributed by atoms with E-state index in [2.05, 4.69) is 27.3 Å². The third-order valence-electron chi connectivity index (χ3n) is 4.38. The van der Waals surface area contributed by atoms with Gasteiger partial charge in [-0.2, -0.15) is 0 Å². The lowest BCUT2D eigenvalue weighted by molar-refractivity contribution is 0.0987. The van der Waals surface area contributed by atoms with Gasteiger partial charge in [-0.3, -0.25) is 4.79 Å². The van der Waals surface area contributed by atoms with Crippen molar-refractivity contribution in [1.29, 1.82) is 0 Å². The van der Waals surface area contributed by atoms with Gasteiger partial charge in [-0.1, -0.05) is 30.3 Å². The number of azo groups is 1. The molecule has 0 bridgehead atoms. The summed E-state index contributed by atoms with van der Waals surface area (Å²) in [6.07, 6.45) is 1.76. The monoisotopic (exact) mass is 390 g/mol. The maximum atomic E-state index is 12.2. The Morgan fingerprint density at radius 1 is 1.14 bits per heavy atom. The van der Waals surface area contributed by atoms with E-state index in [4.69, 9.17) is 0 Å². The third kappa shape index (κ3) is 3.70. The summed E-state index contributed by atoms with van der Waals surface area (Å²) in [4.78, 5) is 16.1. The Morgan fingerprint density at radius 3 is 2.71 bits per heavy atom. The summed E-state index contributed by atoms with van der Waals surface area (Å²) in [6.45, 7) is 0. The number of carbonyl (C=O) groups is 1. The summed E-state index contributed by atoms with van der Waals surface area (Å²) < 4.78 is 1.67. The number of amides is 1. The minimum atomic E-state index is -0.462. The number of carbonyl (C=O) groups excluding carboxylic acids is 1. The molecular weight excluding hydrogens is 372 g/mol. The molecule has 0 atom stereocenters. The molecule has 0 saturated carbocycles. The van der Waals surface area contributed by atoms with Crippen LogP contribution >= 0.6 is 11.8 Å². The minimum absolute atomic E-state index is 0.108. The zero-order valence-electron chi connectivity index (χ0n) is 15.2. The Morgan fingerprint density at radius 2 is 1.96 bits per heavy atom. The number of benzene rings is 2. The molecule has 28 heavy (non-hydrogen) atoms. The summed E-state index contributed by atoms with van der Waals surface area (Å²) in [5, 5.41) is 18.7. The number of nitrogens with zero attached hydrogens (tertiary/aromatic N) is 3. The van der Waals surface area contributed by atoms with Crippen molar-refractivity contribution in [2.75, 3.05) is 0 Å². The van der Waals surface area contributed by atoms with E-state index in [-0.39, 0.29) is 11.6 Å². The van der Waals surface area contributed by atoms with E-state index in [1.165, 1.54) is 5.56 Å². The molecule has 4 rings (SSSR count). The van der Waals surface area contributed by atoms with Gasteiger partial charge in [0.05, 0.1) is 5.52 Å². The van der Waals surface area contributed by atoms with E-state index in [9.17, 15) is 9.90 Å². The van der Waals surface area contributed by atoms with Crippen molar-refractivity contribution in [2.45, 2.75) is 10.6 Å². The van der Waals surface area contributed by atoms with Crippen molar-refractivity contribution >= 4 is 34.3 Å². The highest BCUT2D eigenvalue weighted by Crippen LogP contribution is 2.37. The molecule has 2 aromatic carbocycles. The standard InChI is InChI=1S/C21H18N4O2S/c1-25-11-5-8-18(25)20(26)24-23-19-16-10-9-15(12-17(16)22-21(19)27)28-13-14-6-3-2-4-7-14/h2-12,22,27H,13H2,1H3. The Labute approximate surface area is 165 Å². The van der Waals surface area contributed by atoms with Crippen LogP contribution in [0.2, 0.25) is 0 Å². The van der Waals surface area contributed by atoms with Crippen molar-refractivity contribution in [2.24, 2.45) is 17.3 Å². The first kappa shape index (κ1) is 18.1. The van der Waals surface area contributed by atoms with Crippen molar-refractivity contribution < 1.29 is 9.90 Å². The van der Waals surface area contributed by atoms with E-state index < -0.39 is 5.91 Å². The van der Waals surface area contributed by atoms with Crippen LogP contribution in [0.4, 0.5) is 5.69 Å². The van der Waals surface area contributed by atoms with E-state index in [1.54, 1.807) is 41.7 Å². The molecular formula is C21H18N4O2S. The van der Waals surface area contributed by atoms with Crippen LogP contribution < -0.4 is 0 Å². The maximum Gasteiger partial charge on any atom is 0.311 e. The largest absolute Gasteiger partial charge is 0.493 e. The van der Waals surface area contributed by atoms with Crippen LogP contribution in [0, 0.1) is 0 Å². The van der Waals surface area contributed by atoms with Gasteiger partial charge in [-0.15, -0.1) is 22.0 Å². The summed E-state index contributed by atoms with van der Waals surface area (Å²) in [6, 6.07) is 19.5. The molecule has 0 unspecified atom stereocenters. The first-order valence-corrected chi connectivity index (χ1v) is 9.69. The summed E-state index contributed by atoms with van der Waals surface area (Å²) in [5.74, 6) is 0.288. The van der Waals surface area contributed by atoms with E-state index in [1.807, 2.05) is 36.4 Å². The lowest BCUT2D eigenvalue weighted by Gasteiger charge is -2.02. The molecule has 0 radical (unpaired) electrons. The quantitative estimate of drug-likeness (QED) is 0.352. The fourth-order valence-electron chi connectivity index (χ4n) is 2.91. The van der Waals surface area contributed by atoms with Crippen molar-refractivity contribution in [1.82, 2.24) is 9.55 Å². The van der Waals surface area contributed by atoms with Crippen molar-refractivity contribution in [3.05, 3.63) is 78.1 Å². The van der Waals surface area contributed by atoms with Crippen LogP contribution in [0.5, 0.6) is 5.88 Å². The van der Waals surface area contributed by atoms with Gasteiger partial charge in [0.25, 0.3) is 0 Å². The fraction of sp³-hybridized carbons (Fsp3) is 0.0952. The number of aromatic amines is 1. The molecule has 0 aliphatic rings. The highest BCUT2D eigenvalue weighted by atomic mass is 32.2. The number of hydrogen-bond donors (Lipinski definition) is 2. The number of fused-ring (bicyclic) bond motifs is 1. The van der Waals surface area contributed by atoms with E-state index in [0.29, 0.717) is 11.1 Å². The second-order valence-corrected chi connectivity index (χ2v) is 7.36. The zero-order valence-corrected chi connectivity index (χ0v) is 16.0. The van der Waals surface area contributed by atoms with Gasteiger partial charge in [0.1, 0.15) is 5.69 Å². The molecule has 7 heteroatoms. The van der Waals surface area contributed by atoms with E-state index >= 15 is 0 Å². The molecule has 2 aromatic heterocycles. The summed E-state index contributed by atoms with van der Waals surface area (Å²) in [7, 11) is 1.76. The van der Waals surface area contributed by atoms with Crippen molar-refractivity contribution in [3.63, 3.8) is 0 Å². The molecule has 140 valence electrons. The second kappa shape index (κ2) is 7.74. The van der Waals surface area contributed by atoms with Gasteiger partial charge in [0.15, 0.2) is 5.69 Å². The number of rotatable bonds is 5. The molecule has 0 aliphatic carbocycles. The minimum Gasteiger partial charge on any atom is -0.493 e. The first-order chi connectivity index (χ1) is 13.6. The third-order valence-corrected chi connectivity index (χ3v) is 5.44. The highest BCUT2D eigenvalue weighted by Gasteiger charge is 2.13. The van der Waals surface area contributed by atoms with E-state index in [0.717, 1.165) is 16.2 Å². The second-order valence-electron chi connectivity index (χ2n) is 6.31. The summed E-state index contributed by atoms with van der Waals surface area (Å²) >= 11 is 1.71.